The first-order valence-electron chi connectivity index (χ1n) is 4.61. The number of halogens is 1. The van der Waals surface area contributed by atoms with E-state index < -0.39 is 6.04 Å². The fourth-order valence-electron chi connectivity index (χ4n) is 1.33. The maximum Gasteiger partial charge on any atom is 0.327 e. The minimum absolute atomic E-state index is 0.284. The maximum absolute atomic E-state index is 11.4. The van der Waals surface area contributed by atoms with Crippen LogP contribution in [0.15, 0.2) is 22.7 Å². The molecule has 1 N–H and O–H groups in total. The van der Waals surface area contributed by atoms with Crippen LogP contribution in [0, 0.1) is 6.92 Å². The van der Waals surface area contributed by atoms with Crippen molar-refractivity contribution >= 4 is 21.9 Å². The van der Waals surface area contributed by atoms with Crippen molar-refractivity contribution in [3.63, 3.8) is 0 Å². The quantitative estimate of drug-likeness (QED) is 0.857. The number of rotatable bonds is 3. The highest BCUT2D eigenvalue weighted by molar-refractivity contribution is 9.10. The third-order valence-electron chi connectivity index (χ3n) is 2.25. The fraction of sp³-hybridized carbons (Fsp3) is 0.364. The third kappa shape index (κ3) is 2.79. The molecule has 3 nitrogen and oxygen atoms in total. The molecule has 0 saturated carbocycles. The van der Waals surface area contributed by atoms with E-state index in [1.807, 2.05) is 25.1 Å². The Morgan fingerprint density at radius 3 is 2.67 bits per heavy atom. The van der Waals surface area contributed by atoms with Crippen LogP contribution in [-0.4, -0.2) is 20.1 Å². The van der Waals surface area contributed by atoms with Crippen molar-refractivity contribution in [3.8, 4) is 0 Å². The summed E-state index contributed by atoms with van der Waals surface area (Å²) in [5, 5.41) is 2.92. The van der Waals surface area contributed by atoms with Gasteiger partial charge in [-0.3, -0.25) is 0 Å². The van der Waals surface area contributed by atoms with E-state index >= 15 is 0 Å². The number of aryl methyl sites for hydroxylation is 1. The van der Waals surface area contributed by atoms with E-state index in [0.29, 0.717) is 0 Å². The van der Waals surface area contributed by atoms with E-state index in [9.17, 15) is 4.79 Å². The molecule has 0 aliphatic heterocycles. The molecule has 1 aromatic rings. The Labute approximate surface area is 97.9 Å². The van der Waals surface area contributed by atoms with Gasteiger partial charge in [0.25, 0.3) is 0 Å². The third-order valence-corrected chi connectivity index (χ3v) is 3.11. The number of methoxy groups -OCH3 is 1. The van der Waals surface area contributed by atoms with Gasteiger partial charge in [-0.1, -0.05) is 28.1 Å². The van der Waals surface area contributed by atoms with Gasteiger partial charge in [0.1, 0.15) is 6.04 Å². The van der Waals surface area contributed by atoms with Crippen molar-refractivity contribution in [2.75, 3.05) is 14.2 Å². The number of esters is 1. The van der Waals surface area contributed by atoms with Gasteiger partial charge in [-0.2, -0.15) is 0 Å². The SMILES string of the molecule is CNC(C(=O)OC)c1ccc(C)c(Br)c1. The lowest BCUT2D eigenvalue weighted by Crippen LogP contribution is -2.26. The smallest absolute Gasteiger partial charge is 0.327 e. The number of carbonyl (C=O) groups is 1. The second-order valence-corrected chi connectivity index (χ2v) is 4.11. The summed E-state index contributed by atoms with van der Waals surface area (Å²) in [7, 11) is 3.12. The van der Waals surface area contributed by atoms with Crippen LogP contribution in [0.2, 0.25) is 0 Å². The number of ether oxygens (including phenoxy) is 1. The molecule has 1 rings (SSSR count). The summed E-state index contributed by atoms with van der Waals surface area (Å²) in [4.78, 5) is 11.4. The lowest BCUT2D eigenvalue weighted by Gasteiger charge is -2.14. The summed E-state index contributed by atoms with van der Waals surface area (Å²) in [5.41, 5.74) is 2.03. The Balaban J connectivity index is 3.02. The molecular formula is C11H14BrNO2. The average Bonchev–Trinajstić information content (AvgIpc) is 2.24. The zero-order chi connectivity index (χ0) is 11.4. The van der Waals surface area contributed by atoms with Crippen molar-refractivity contribution < 1.29 is 9.53 Å². The molecule has 0 aliphatic rings. The molecule has 1 atom stereocenters. The molecule has 0 saturated heterocycles. The lowest BCUT2D eigenvalue weighted by atomic mass is 10.1. The van der Waals surface area contributed by atoms with Crippen LogP contribution in [-0.2, 0) is 9.53 Å². The van der Waals surface area contributed by atoms with E-state index in [0.717, 1.165) is 15.6 Å². The van der Waals surface area contributed by atoms with Crippen molar-refractivity contribution in [1.29, 1.82) is 0 Å². The standard InChI is InChI=1S/C11H14BrNO2/c1-7-4-5-8(6-9(7)12)10(13-2)11(14)15-3/h4-6,10,13H,1-3H3. The molecule has 0 heterocycles. The van der Waals surface area contributed by atoms with Crippen molar-refractivity contribution in [1.82, 2.24) is 5.32 Å². The van der Waals surface area contributed by atoms with Crippen molar-refractivity contribution in [2.24, 2.45) is 0 Å². The first-order valence-corrected chi connectivity index (χ1v) is 5.40. The van der Waals surface area contributed by atoms with Crippen molar-refractivity contribution in [2.45, 2.75) is 13.0 Å². The predicted molar refractivity (Wildman–Crippen MR) is 62.7 cm³/mol. The van der Waals surface area contributed by atoms with E-state index in [4.69, 9.17) is 4.74 Å². The first-order chi connectivity index (χ1) is 7.10. The van der Waals surface area contributed by atoms with E-state index in [-0.39, 0.29) is 5.97 Å². The summed E-state index contributed by atoms with van der Waals surface area (Å²) in [6.07, 6.45) is 0. The number of hydrogen-bond donors (Lipinski definition) is 1. The molecule has 4 heteroatoms. The molecule has 0 amide bonds. The number of likely N-dealkylation sites (N-methyl/N-ethyl adjacent to an activating group) is 1. The highest BCUT2D eigenvalue weighted by atomic mass is 79.9. The van der Waals surface area contributed by atoms with Gasteiger partial charge in [0.05, 0.1) is 7.11 Å². The zero-order valence-corrected chi connectivity index (χ0v) is 10.6. The lowest BCUT2D eigenvalue weighted by molar-refractivity contribution is -0.143. The second kappa shape index (κ2) is 5.28. The van der Waals surface area contributed by atoms with E-state index in [1.165, 1.54) is 7.11 Å². The molecule has 0 radical (unpaired) electrons. The first kappa shape index (κ1) is 12.2. The van der Waals surface area contributed by atoms with Gasteiger partial charge < -0.3 is 10.1 Å². The number of carbonyl (C=O) groups excluding carboxylic acids is 1. The van der Waals surface area contributed by atoms with Crippen LogP contribution >= 0.6 is 15.9 Å². The van der Waals surface area contributed by atoms with Gasteiger partial charge in [0.15, 0.2) is 0 Å². The van der Waals surface area contributed by atoms with Crippen LogP contribution in [0.3, 0.4) is 0 Å². The van der Waals surface area contributed by atoms with Gasteiger partial charge in [0, 0.05) is 4.47 Å². The Kier molecular flexibility index (Phi) is 4.29. The number of benzene rings is 1. The van der Waals surface area contributed by atoms with Crippen LogP contribution in [0.1, 0.15) is 17.2 Å². The molecule has 0 bridgehead atoms. The maximum atomic E-state index is 11.4. The Bertz CT molecular complexity index is 366. The molecule has 0 spiro atoms. The topological polar surface area (TPSA) is 38.3 Å². The summed E-state index contributed by atoms with van der Waals surface area (Å²) in [5.74, 6) is -0.284. The Morgan fingerprint density at radius 2 is 2.20 bits per heavy atom. The molecule has 1 aromatic carbocycles. The van der Waals surface area contributed by atoms with E-state index in [1.54, 1.807) is 7.05 Å². The zero-order valence-electron chi connectivity index (χ0n) is 9.00. The summed E-state index contributed by atoms with van der Waals surface area (Å²) in [6, 6.07) is 5.39. The van der Waals surface area contributed by atoms with Gasteiger partial charge in [-0.15, -0.1) is 0 Å². The molecule has 15 heavy (non-hydrogen) atoms. The van der Waals surface area contributed by atoms with Crippen LogP contribution in [0.25, 0.3) is 0 Å². The van der Waals surface area contributed by atoms with Crippen LogP contribution in [0.5, 0.6) is 0 Å². The van der Waals surface area contributed by atoms with Gasteiger partial charge >= 0.3 is 5.97 Å². The van der Waals surface area contributed by atoms with E-state index in [2.05, 4.69) is 21.2 Å². The molecule has 0 aromatic heterocycles. The van der Waals surface area contributed by atoms with Crippen molar-refractivity contribution in [3.05, 3.63) is 33.8 Å². The number of nitrogens with one attached hydrogen (secondary N) is 1. The molecule has 0 aliphatic carbocycles. The molecular weight excluding hydrogens is 258 g/mol. The predicted octanol–water partition coefficient (Wildman–Crippen LogP) is 2.19. The average molecular weight is 272 g/mol. The monoisotopic (exact) mass is 271 g/mol. The van der Waals surface area contributed by atoms with Gasteiger partial charge in [-0.05, 0) is 31.2 Å². The summed E-state index contributed by atoms with van der Waals surface area (Å²) >= 11 is 3.43. The highest BCUT2D eigenvalue weighted by Crippen LogP contribution is 2.22. The Hall–Kier alpha value is -0.870. The molecule has 82 valence electrons. The summed E-state index contributed by atoms with van der Waals surface area (Å²) in [6.45, 7) is 2.00. The number of hydrogen-bond acceptors (Lipinski definition) is 3. The minimum atomic E-state index is -0.410. The normalized spacial score (nSPS) is 12.3. The largest absolute Gasteiger partial charge is 0.468 e. The molecule has 1 unspecified atom stereocenters. The summed E-state index contributed by atoms with van der Waals surface area (Å²) < 4.78 is 5.70. The fourth-order valence-corrected chi connectivity index (χ4v) is 1.72. The highest BCUT2D eigenvalue weighted by Gasteiger charge is 2.19. The minimum Gasteiger partial charge on any atom is -0.468 e. The van der Waals surface area contributed by atoms with Crippen LogP contribution < -0.4 is 5.32 Å². The van der Waals surface area contributed by atoms with Crippen LogP contribution in [0.4, 0.5) is 0 Å². The Morgan fingerprint density at radius 1 is 1.53 bits per heavy atom. The molecule has 0 fully saturated rings. The second-order valence-electron chi connectivity index (χ2n) is 3.25. The van der Waals surface area contributed by atoms with Gasteiger partial charge in [-0.25, -0.2) is 4.79 Å². The van der Waals surface area contributed by atoms with Gasteiger partial charge in [0.2, 0.25) is 0 Å².